The standard InChI is InChI=1S/C21H19BrN6O4/c22-15-3-8-19(23-12-15)24-20(29)14-2-1-10-26(13-14)21(30)18-9-11-27(25-18)16-4-6-17(7-5-16)28(31)32/h3-9,11-12,14H,1-2,10,13H2,(H,23,24,29). The van der Waals surface area contributed by atoms with Crippen molar-refractivity contribution < 1.29 is 14.5 Å². The highest BCUT2D eigenvalue weighted by Gasteiger charge is 2.30. The van der Waals surface area contributed by atoms with E-state index in [1.807, 2.05) is 0 Å². The molecule has 1 saturated heterocycles. The zero-order valence-corrected chi connectivity index (χ0v) is 18.4. The number of carbonyl (C=O) groups is 2. The summed E-state index contributed by atoms with van der Waals surface area (Å²) in [6, 6.07) is 11.0. The second-order valence-electron chi connectivity index (χ2n) is 7.36. The van der Waals surface area contributed by atoms with E-state index in [0.29, 0.717) is 37.4 Å². The van der Waals surface area contributed by atoms with Crippen molar-refractivity contribution in [1.82, 2.24) is 19.7 Å². The molecule has 10 nitrogen and oxygen atoms in total. The molecule has 1 aromatic carbocycles. The van der Waals surface area contributed by atoms with Crippen molar-refractivity contribution in [2.24, 2.45) is 5.92 Å². The van der Waals surface area contributed by atoms with E-state index >= 15 is 0 Å². The molecule has 164 valence electrons. The molecule has 3 aromatic rings. The van der Waals surface area contributed by atoms with Gasteiger partial charge in [-0.1, -0.05) is 0 Å². The average molecular weight is 499 g/mol. The summed E-state index contributed by atoms with van der Waals surface area (Å²) in [6.07, 6.45) is 4.62. The van der Waals surface area contributed by atoms with Gasteiger partial charge in [0.1, 0.15) is 5.82 Å². The lowest BCUT2D eigenvalue weighted by molar-refractivity contribution is -0.384. The SMILES string of the molecule is O=C(Nc1ccc(Br)cn1)C1CCCN(C(=O)c2ccn(-c3ccc([N+](=O)[O-])cc3)n2)C1. The summed E-state index contributed by atoms with van der Waals surface area (Å²) in [4.78, 5) is 41.7. The first-order valence-corrected chi connectivity index (χ1v) is 10.7. The first-order chi connectivity index (χ1) is 15.4. The Hall–Kier alpha value is -3.60. The fourth-order valence-electron chi connectivity index (χ4n) is 3.52. The normalized spacial score (nSPS) is 15.9. The molecule has 2 aromatic heterocycles. The first-order valence-electron chi connectivity index (χ1n) is 9.93. The maximum atomic E-state index is 13.0. The molecule has 0 saturated carbocycles. The van der Waals surface area contributed by atoms with Crippen LogP contribution < -0.4 is 5.32 Å². The van der Waals surface area contributed by atoms with Crippen LogP contribution in [0.15, 0.2) is 59.3 Å². The highest BCUT2D eigenvalue weighted by molar-refractivity contribution is 9.10. The molecule has 3 heterocycles. The number of halogens is 1. The van der Waals surface area contributed by atoms with Gasteiger partial charge in [0.15, 0.2) is 5.69 Å². The number of hydrogen-bond donors (Lipinski definition) is 1. The lowest BCUT2D eigenvalue weighted by Gasteiger charge is -2.31. The van der Waals surface area contributed by atoms with Crippen molar-refractivity contribution >= 4 is 39.2 Å². The Morgan fingerprint density at radius 2 is 1.94 bits per heavy atom. The minimum Gasteiger partial charge on any atom is -0.336 e. The van der Waals surface area contributed by atoms with Gasteiger partial charge in [0.05, 0.1) is 16.5 Å². The molecule has 0 aliphatic carbocycles. The van der Waals surface area contributed by atoms with Crippen LogP contribution in [-0.4, -0.2) is 49.5 Å². The van der Waals surface area contributed by atoms with Gasteiger partial charge >= 0.3 is 0 Å². The zero-order valence-electron chi connectivity index (χ0n) is 16.8. The fraction of sp³-hybridized carbons (Fsp3) is 0.238. The van der Waals surface area contributed by atoms with Crippen LogP contribution in [0.4, 0.5) is 11.5 Å². The quantitative estimate of drug-likeness (QED) is 0.424. The largest absolute Gasteiger partial charge is 0.336 e. The Kier molecular flexibility index (Phi) is 6.26. The number of nitrogens with one attached hydrogen (secondary N) is 1. The third-order valence-electron chi connectivity index (χ3n) is 5.19. The van der Waals surface area contributed by atoms with Gasteiger partial charge in [-0.25, -0.2) is 9.67 Å². The predicted octanol–water partition coefficient (Wildman–Crippen LogP) is 3.43. The summed E-state index contributed by atoms with van der Waals surface area (Å²) in [5.41, 5.74) is 0.833. The number of aromatic nitrogens is 3. The predicted molar refractivity (Wildman–Crippen MR) is 119 cm³/mol. The van der Waals surface area contributed by atoms with E-state index in [2.05, 4.69) is 31.3 Å². The maximum absolute atomic E-state index is 13.0. The summed E-state index contributed by atoms with van der Waals surface area (Å²) in [5.74, 6) is -0.308. The Labute approximate surface area is 191 Å². The monoisotopic (exact) mass is 498 g/mol. The van der Waals surface area contributed by atoms with E-state index in [4.69, 9.17) is 0 Å². The van der Waals surface area contributed by atoms with E-state index in [1.165, 1.54) is 16.8 Å². The second-order valence-corrected chi connectivity index (χ2v) is 8.28. The van der Waals surface area contributed by atoms with Gasteiger partial charge in [-0.3, -0.25) is 19.7 Å². The van der Waals surface area contributed by atoms with Crippen molar-refractivity contribution in [3.63, 3.8) is 0 Å². The molecule has 1 unspecified atom stereocenters. The maximum Gasteiger partial charge on any atom is 0.274 e. The zero-order chi connectivity index (χ0) is 22.7. The number of rotatable bonds is 5. The summed E-state index contributed by atoms with van der Waals surface area (Å²) >= 11 is 3.31. The Morgan fingerprint density at radius 1 is 1.16 bits per heavy atom. The van der Waals surface area contributed by atoms with Crippen LogP contribution in [0.25, 0.3) is 5.69 Å². The molecular formula is C21H19BrN6O4. The third kappa shape index (κ3) is 4.83. The number of non-ortho nitro benzene ring substituents is 1. The average Bonchev–Trinajstić information content (AvgIpc) is 3.30. The van der Waals surface area contributed by atoms with Crippen LogP contribution in [0, 0.1) is 16.0 Å². The van der Waals surface area contributed by atoms with Crippen LogP contribution in [0.2, 0.25) is 0 Å². The molecule has 1 fully saturated rings. The third-order valence-corrected chi connectivity index (χ3v) is 5.66. The molecule has 2 amide bonds. The van der Waals surface area contributed by atoms with Gasteiger partial charge in [0.25, 0.3) is 11.6 Å². The van der Waals surface area contributed by atoms with Crippen LogP contribution in [0.5, 0.6) is 0 Å². The van der Waals surface area contributed by atoms with Crippen molar-refractivity contribution in [1.29, 1.82) is 0 Å². The molecular weight excluding hydrogens is 480 g/mol. The molecule has 1 N–H and O–H groups in total. The van der Waals surface area contributed by atoms with Gasteiger partial charge < -0.3 is 10.2 Å². The van der Waals surface area contributed by atoms with Gasteiger partial charge in [0.2, 0.25) is 5.91 Å². The molecule has 0 bridgehead atoms. The second kappa shape index (κ2) is 9.27. The summed E-state index contributed by atoms with van der Waals surface area (Å²) in [7, 11) is 0. The number of nitro benzene ring substituents is 1. The number of piperidine rings is 1. The molecule has 0 spiro atoms. The van der Waals surface area contributed by atoms with Gasteiger partial charge in [-0.05, 0) is 59.1 Å². The van der Waals surface area contributed by atoms with Crippen molar-refractivity contribution in [2.45, 2.75) is 12.8 Å². The number of nitro groups is 1. The van der Waals surface area contributed by atoms with Crippen LogP contribution >= 0.6 is 15.9 Å². The molecule has 4 rings (SSSR count). The summed E-state index contributed by atoms with van der Waals surface area (Å²) < 4.78 is 2.31. The highest BCUT2D eigenvalue weighted by Crippen LogP contribution is 2.21. The molecule has 32 heavy (non-hydrogen) atoms. The lowest BCUT2D eigenvalue weighted by atomic mass is 9.97. The number of carbonyl (C=O) groups excluding carboxylic acids is 2. The van der Waals surface area contributed by atoms with E-state index in [1.54, 1.807) is 47.6 Å². The number of likely N-dealkylation sites (tertiary alicyclic amines) is 1. The van der Waals surface area contributed by atoms with Gasteiger partial charge in [-0.15, -0.1) is 0 Å². The Morgan fingerprint density at radius 3 is 2.62 bits per heavy atom. The molecule has 0 radical (unpaired) electrons. The van der Waals surface area contributed by atoms with E-state index < -0.39 is 4.92 Å². The highest BCUT2D eigenvalue weighted by atomic mass is 79.9. The fourth-order valence-corrected chi connectivity index (χ4v) is 3.76. The molecule has 1 aliphatic heterocycles. The number of benzene rings is 1. The van der Waals surface area contributed by atoms with E-state index in [0.717, 1.165) is 4.47 Å². The topological polar surface area (TPSA) is 123 Å². The minimum atomic E-state index is -0.475. The minimum absolute atomic E-state index is 0.0202. The lowest BCUT2D eigenvalue weighted by Crippen LogP contribution is -2.44. The first kappa shape index (κ1) is 21.6. The Bertz CT molecular complexity index is 1150. The van der Waals surface area contributed by atoms with Crippen LogP contribution in [0.1, 0.15) is 23.3 Å². The number of amides is 2. The van der Waals surface area contributed by atoms with Crippen LogP contribution in [-0.2, 0) is 4.79 Å². The number of anilines is 1. The number of hydrogen-bond acceptors (Lipinski definition) is 6. The van der Waals surface area contributed by atoms with Crippen molar-refractivity contribution in [3.8, 4) is 5.69 Å². The number of pyridine rings is 1. The van der Waals surface area contributed by atoms with Gasteiger partial charge in [-0.2, -0.15) is 5.10 Å². The summed E-state index contributed by atoms with van der Waals surface area (Å²) in [5, 5.41) is 17.9. The smallest absolute Gasteiger partial charge is 0.274 e. The number of nitrogens with zero attached hydrogens (tertiary/aromatic N) is 5. The molecule has 11 heteroatoms. The van der Waals surface area contributed by atoms with Gasteiger partial charge in [0, 0.05) is 42.1 Å². The van der Waals surface area contributed by atoms with Crippen molar-refractivity contribution in [2.75, 3.05) is 18.4 Å². The van der Waals surface area contributed by atoms with Crippen molar-refractivity contribution in [3.05, 3.63) is 75.1 Å². The Balaban J connectivity index is 1.41. The molecule has 1 atom stereocenters. The van der Waals surface area contributed by atoms with E-state index in [-0.39, 0.29) is 29.1 Å². The van der Waals surface area contributed by atoms with Crippen LogP contribution in [0.3, 0.4) is 0 Å². The molecule has 1 aliphatic rings. The van der Waals surface area contributed by atoms with E-state index in [9.17, 15) is 19.7 Å². The summed E-state index contributed by atoms with van der Waals surface area (Å²) in [6.45, 7) is 0.842.